The zero-order valence-electron chi connectivity index (χ0n) is 9.24. The number of carbonyl (C=O) groups is 1. The molecule has 0 bridgehead atoms. The summed E-state index contributed by atoms with van der Waals surface area (Å²) in [6.07, 6.45) is 0. The summed E-state index contributed by atoms with van der Waals surface area (Å²) in [6.45, 7) is 1.24. The molecule has 0 atom stereocenters. The van der Waals surface area contributed by atoms with Gasteiger partial charge in [-0.25, -0.2) is 4.79 Å². The van der Waals surface area contributed by atoms with Crippen LogP contribution in [-0.4, -0.2) is 43.2 Å². The smallest absolute Gasteiger partial charge is 0.339 e. The van der Waals surface area contributed by atoms with Crippen LogP contribution in [0.25, 0.3) is 0 Å². The number of nitrogens with zero attached hydrogens (tertiary/aromatic N) is 1. The van der Waals surface area contributed by atoms with Crippen molar-refractivity contribution >= 4 is 28.6 Å². The number of aromatic carboxylic acids is 1. The maximum atomic E-state index is 11.0. The minimum absolute atomic E-state index is 0.214. The summed E-state index contributed by atoms with van der Waals surface area (Å²) in [7, 11) is 3.88. The lowest BCUT2D eigenvalue weighted by atomic mass is 10.2. The number of carboxylic acid groups (broad SMARTS) is 1. The predicted octanol–water partition coefficient (Wildman–Crippen LogP) is 1.93. The first-order valence-electron chi connectivity index (χ1n) is 4.81. The summed E-state index contributed by atoms with van der Waals surface area (Å²) < 4.78 is 6.32. The van der Waals surface area contributed by atoms with Crippen LogP contribution < -0.4 is 4.74 Å². The Morgan fingerprint density at radius 1 is 1.50 bits per heavy atom. The van der Waals surface area contributed by atoms with Crippen molar-refractivity contribution in [2.24, 2.45) is 0 Å². The maximum absolute atomic E-state index is 11.0. The summed E-state index contributed by atoms with van der Waals surface area (Å²) in [5, 5.41) is 9.00. The highest BCUT2D eigenvalue weighted by molar-refractivity contribution is 14.1. The number of carboxylic acids is 1. The lowest BCUT2D eigenvalue weighted by molar-refractivity contribution is 0.0692. The Bertz CT molecular complexity index is 379. The van der Waals surface area contributed by atoms with E-state index in [1.54, 1.807) is 12.1 Å². The molecule has 0 heterocycles. The molecular formula is C11H14INO3. The van der Waals surface area contributed by atoms with Crippen LogP contribution in [0.4, 0.5) is 0 Å². The molecule has 0 saturated heterocycles. The quantitative estimate of drug-likeness (QED) is 0.836. The molecule has 0 spiro atoms. The van der Waals surface area contributed by atoms with Crippen molar-refractivity contribution in [2.45, 2.75) is 0 Å². The van der Waals surface area contributed by atoms with Crippen molar-refractivity contribution in [2.75, 3.05) is 27.2 Å². The molecule has 0 fully saturated rings. The standard InChI is InChI=1S/C11H14INO3/c1-13(2)5-6-16-10-4-3-8(12)7-9(10)11(14)15/h3-4,7H,5-6H2,1-2H3,(H,14,15). The number of hydrogen-bond donors (Lipinski definition) is 1. The Kier molecular flexibility index (Phi) is 5.01. The van der Waals surface area contributed by atoms with Crippen molar-refractivity contribution in [3.63, 3.8) is 0 Å². The largest absolute Gasteiger partial charge is 0.491 e. The molecule has 0 aliphatic heterocycles. The van der Waals surface area contributed by atoms with Gasteiger partial charge in [-0.1, -0.05) is 0 Å². The second-order valence-corrected chi connectivity index (χ2v) is 4.84. The molecule has 5 heteroatoms. The molecule has 0 amide bonds. The maximum Gasteiger partial charge on any atom is 0.339 e. The fourth-order valence-electron chi connectivity index (χ4n) is 1.13. The van der Waals surface area contributed by atoms with Gasteiger partial charge in [-0.15, -0.1) is 0 Å². The summed E-state index contributed by atoms with van der Waals surface area (Å²) in [4.78, 5) is 13.0. The lowest BCUT2D eigenvalue weighted by Crippen LogP contribution is -2.20. The van der Waals surface area contributed by atoms with Gasteiger partial charge in [-0.2, -0.15) is 0 Å². The van der Waals surface area contributed by atoms with Gasteiger partial charge in [-0.05, 0) is 54.9 Å². The molecule has 1 N–H and O–H groups in total. The average molecular weight is 335 g/mol. The van der Waals surface area contributed by atoms with E-state index in [2.05, 4.69) is 22.6 Å². The van der Waals surface area contributed by atoms with Crippen LogP contribution in [0.1, 0.15) is 10.4 Å². The molecule has 16 heavy (non-hydrogen) atoms. The van der Waals surface area contributed by atoms with Gasteiger partial charge in [-0.3, -0.25) is 0 Å². The summed E-state index contributed by atoms with van der Waals surface area (Å²) >= 11 is 2.08. The van der Waals surface area contributed by atoms with E-state index in [1.807, 2.05) is 25.1 Å². The molecule has 0 aliphatic rings. The molecular weight excluding hydrogens is 321 g/mol. The van der Waals surface area contributed by atoms with Crippen LogP contribution in [0.3, 0.4) is 0 Å². The minimum atomic E-state index is -0.960. The summed E-state index contributed by atoms with van der Waals surface area (Å²) in [5.74, 6) is -0.534. The summed E-state index contributed by atoms with van der Waals surface area (Å²) in [5.41, 5.74) is 0.214. The van der Waals surface area contributed by atoms with E-state index in [0.717, 1.165) is 10.1 Å². The van der Waals surface area contributed by atoms with Crippen LogP contribution in [-0.2, 0) is 0 Å². The monoisotopic (exact) mass is 335 g/mol. The van der Waals surface area contributed by atoms with Crippen LogP contribution in [0.15, 0.2) is 18.2 Å². The highest BCUT2D eigenvalue weighted by Gasteiger charge is 2.11. The van der Waals surface area contributed by atoms with Crippen LogP contribution >= 0.6 is 22.6 Å². The van der Waals surface area contributed by atoms with Gasteiger partial charge < -0.3 is 14.7 Å². The number of rotatable bonds is 5. The molecule has 0 unspecified atom stereocenters. The Balaban J connectivity index is 2.75. The third-order valence-corrected chi connectivity index (χ3v) is 2.64. The molecule has 1 rings (SSSR count). The molecule has 1 aromatic carbocycles. The SMILES string of the molecule is CN(C)CCOc1ccc(I)cc1C(=O)O. The van der Waals surface area contributed by atoms with Gasteiger partial charge in [0.15, 0.2) is 0 Å². The first kappa shape index (κ1) is 13.2. The Morgan fingerprint density at radius 2 is 2.19 bits per heavy atom. The van der Waals surface area contributed by atoms with Gasteiger partial charge in [0.1, 0.15) is 17.9 Å². The van der Waals surface area contributed by atoms with E-state index in [9.17, 15) is 4.79 Å². The van der Waals surface area contributed by atoms with Gasteiger partial charge in [0.2, 0.25) is 0 Å². The highest BCUT2D eigenvalue weighted by Crippen LogP contribution is 2.21. The van der Waals surface area contributed by atoms with Gasteiger partial charge in [0.25, 0.3) is 0 Å². The molecule has 0 aliphatic carbocycles. The van der Waals surface area contributed by atoms with E-state index in [0.29, 0.717) is 12.4 Å². The molecule has 0 aromatic heterocycles. The number of hydrogen-bond acceptors (Lipinski definition) is 3. The topological polar surface area (TPSA) is 49.8 Å². The van der Waals surface area contributed by atoms with Crippen LogP contribution in [0, 0.1) is 3.57 Å². The first-order chi connectivity index (χ1) is 7.50. The second kappa shape index (κ2) is 6.05. The third-order valence-electron chi connectivity index (χ3n) is 1.97. The minimum Gasteiger partial charge on any atom is -0.491 e. The molecule has 88 valence electrons. The zero-order valence-corrected chi connectivity index (χ0v) is 11.4. The highest BCUT2D eigenvalue weighted by atomic mass is 127. The van der Waals surface area contributed by atoms with Crippen molar-refractivity contribution in [3.05, 3.63) is 27.3 Å². The van der Waals surface area contributed by atoms with E-state index < -0.39 is 5.97 Å². The van der Waals surface area contributed by atoms with Gasteiger partial charge in [0, 0.05) is 10.1 Å². The number of benzene rings is 1. The van der Waals surface area contributed by atoms with Gasteiger partial charge >= 0.3 is 5.97 Å². The average Bonchev–Trinajstić information content (AvgIpc) is 2.19. The Hall–Kier alpha value is -0.820. The normalized spacial score (nSPS) is 10.5. The molecule has 4 nitrogen and oxygen atoms in total. The zero-order chi connectivity index (χ0) is 12.1. The molecule has 1 aromatic rings. The number of likely N-dealkylation sites (N-methyl/N-ethyl adjacent to an activating group) is 1. The third kappa shape index (κ3) is 3.97. The predicted molar refractivity (Wildman–Crippen MR) is 70.2 cm³/mol. The Labute approximate surface area is 108 Å². The second-order valence-electron chi connectivity index (χ2n) is 3.60. The number of halogens is 1. The van der Waals surface area contributed by atoms with E-state index in [1.165, 1.54) is 0 Å². The van der Waals surface area contributed by atoms with E-state index in [4.69, 9.17) is 9.84 Å². The van der Waals surface area contributed by atoms with Gasteiger partial charge in [0.05, 0.1) is 0 Å². The lowest BCUT2D eigenvalue weighted by Gasteiger charge is -2.12. The summed E-state index contributed by atoms with van der Waals surface area (Å²) in [6, 6.07) is 5.13. The molecule has 0 saturated carbocycles. The fraction of sp³-hybridized carbons (Fsp3) is 0.364. The van der Waals surface area contributed by atoms with Crippen molar-refractivity contribution < 1.29 is 14.6 Å². The van der Waals surface area contributed by atoms with Crippen LogP contribution in [0.5, 0.6) is 5.75 Å². The number of ether oxygens (including phenoxy) is 1. The fourth-order valence-corrected chi connectivity index (χ4v) is 1.62. The molecule has 0 radical (unpaired) electrons. The van der Waals surface area contributed by atoms with Crippen molar-refractivity contribution in [1.29, 1.82) is 0 Å². The van der Waals surface area contributed by atoms with Crippen molar-refractivity contribution in [3.8, 4) is 5.75 Å². The van der Waals surface area contributed by atoms with E-state index >= 15 is 0 Å². The Morgan fingerprint density at radius 3 is 2.75 bits per heavy atom. The van der Waals surface area contributed by atoms with Crippen molar-refractivity contribution in [1.82, 2.24) is 4.90 Å². The van der Waals surface area contributed by atoms with Crippen LogP contribution in [0.2, 0.25) is 0 Å². The first-order valence-corrected chi connectivity index (χ1v) is 5.89. The van der Waals surface area contributed by atoms with E-state index in [-0.39, 0.29) is 5.56 Å².